The fraction of sp³-hybridized carbons (Fsp3) is 0.0625. The first-order chi connectivity index (χ1) is 9.22. The predicted octanol–water partition coefficient (Wildman–Crippen LogP) is 3.99. The lowest BCUT2D eigenvalue weighted by atomic mass is 10.2. The van der Waals surface area contributed by atoms with Crippen LogP contribution in [-0.2, 0) is 0 Å². The number of carbonyl (C=O) groups is 1. The summed E-state index contributed by atoms with van der Waals surface area (Å²) in [6, 6.07) is 17.0. The quantitative estimate of drug-likeness (QED) is 0.748. The van der Waals surface area contributed by atoms with Crippen LogP contribution in [-0.4, -0.2) is 5.91 Å². The number of para-hydroxylation sites is 1. The number of amides is 1. The van der Waals surface area contributed by atoms with Gasteiger partial charge in [-0.3, -0.25) is 4.79 Å². The first kappa shape index (κ1) is 11.5. The van der Waals surface area contributed by atoms with Gasteiger partial charge in [0.05, 0.1) is 0 Å². The Morgan fingerprint density at radius 3 is 2.63 bits per heavy atom. The molecule has 3 aromatic rings. The molecule has 3 rings (SSSR count). The van der Waals surface area contributed by atoms with E-state index in [4.69, 9.17) is 4.42 Å². The van der Waals surface area contributed by atoms with Crippen molar-refractivity contribution in [3.63, 3.8) is 0 Å². The Kier molecular flexibility index (Phi) is 2.80. The number of furan rings is 1. The second kappa shape index (κ2) is 4.61. The van der Waals surface area contributed by atoms with Gasteiger partial charge in [-0.05, 0) is 36.8 Å². The number of nitrogens with one attached hydrogen (secondary N) is 1. The van der Waals surface area contributed by atoms with Crippen molar-refractivity contribution in [2.24, 2.45) is 0 Å². The van der Waals surface area contributed by atoms with Gasteiger partial charge in [0.1, 0.15) is 5.58 Å². The lowest BCUT2D eigenvalue weighted by molar-refractivity contribution is 0.0998. The van der Waals surface area contributed by atoms with Crippen LogP contribution in [0.25, 0.3) is 11.0 Å². The van der Waals surface area contributed by atoms with Crippen LogP contribution in [0, 0.1) is 6.92 Å². The fourth-order valence-corrected chi connectivity index (χ4v) is 1.96. The van der Waals surface area contributed by atoms with Gasteiger partial charge in [-0.25, -0.2) is 0 Å². The van der Waals surface area contributed by atoms with Gasteiger partial charge in [-0.15, -0.1) is 0 Å². The standard InChI is InChI=1S/C16H13NO2/c1-11-7-8-12-10-15(19-14(12)9-11)16(18)17-13-5-3-2-4-6-13/h2-10H,1H3,(H,17,18). The molecule has 94 valence electrons. The molecule has 0 saturated carbocycles. The van der Waals surface area contributed by atoms with Gasteiger partial charge >= 0.3 is 0 Å². The first-order valence-electron chi connectivity index (χ1n) is 6.09. The van der Waals surface area contributed by atoms with Gasteiger partial charge in [0.15, 0.2) is 5.76 Å². The summed E-state index contributed by atoms with van der Waals surface area (Å²) >= 11 is 0. The molecule has 0 unspecified atom stereocenters. The molecule has 1 amide bonds. The van der Waals surface area contributed by atoms with Crippen LogP contribution in [0.4, 0.5) is 5.69 Å². The van der Waals surface area contributed by atoms with Crippen molar-refractivity contribution in [1.29, 1.82) is 0 Å². The van der Waals surface area contributed by atoms with Gasteiger partial charge in [0.25, 0.3) is 5.91 Å². The number of anilines is 1. The summed E-state index contributed by atoms with van der Waals surface area (Å²) in [4.78, 5) is 12.1. The molecule has 0 atom stereocenters. The van der Waals surface area contributed by atoms with E-state index in [1.807, 2.05) is 55.5 Å². The molecule has 0 spiro atoms. The molecular weight excluding hydrogens is 238 g/mol. The summed E-state index contributed by atoms with van der Waals surface area (Å²) in [5, 5.41) is 3.74. The highest BCUT2D eigenvalue weighted by molar-refractivity contribution is 6.04. The summed E-state index contributed by atoms with van der Waals surface area (Å²) in [6.07, 6.45) is 0. The fourth-order valence-electron chi connectivity index (χ4n) is 1.96. The third kappa shape index (κ3) is 2.36. The number of benzene rings is 2. The zero-order valence-electron chi connectivity index (χ0n) is 10.5. The summed E-state index contributed by atoms with van der Waals surface area (Å²) < 4.78 is 5.57. The molecular formula is C16H13NO2. The molecule has 1 heterocycles. The molecule has 0 saturated heterocycles. The summed E-state index contributed by atoms with van der Waals surface area (Å²) in [5.41, 5.74) is 2.60. The van der Waals surface area contributed by atoms with Crippen molar-refractivity contribution in [3.05, 3.63) is 65.9 Å². The third-order valence-electron chi connectivity index (χ3n) is 2.93. The van der Waals surface area contributed by atoms with E-state index in [-0.39, 0.29) is 5.91 Å². The molecule has 0 aliphatic carbocycles. The minimum Gasteiger partial charge on any atom is -0.451 e. The van der Waals surface area contributed by atoms with Crippen molar-refractivity contribution in [1.82, 2.24) is 0 Å². The average molecular weight is 251 g/mol. The maximum Gasteiger partial charge on any atom is 0.291 e. The first-order valence-corrected chi connectivity index (χ1v) is 6.09. The average Bonchev–Trinajstić information content (AvgIpc) is 2.83. The Labute approximate surface area is 110 Å². The van der Waals surface area contributed by atoms with E-state index >= 15 is 0 Å². The molecule has 0 aliphatic rings. The Balaban J connectivity index is 1.89. The topological polar surface area (TPSA) is 42.2 Å². The number of hydrogen-bond acceptors (Lipinski definition) is 2. The van der Waals surface area contributed by atoms with E-state index in [9.17, 15) is 4.79 Å². The second-order valence-electron chi connectivity index (χ2n) is 4.47. The third-order valence-corrected chi connectivity index (χ3v) is 2.93. The van der Waals surface area contributed by atoms with Crippen LogP contribution in [0.2, 0.25) is 0 Å². The molecule has 19 heavy (non-hydrogen) atoms. The molecule has 0 radical (unpaired) electrons. The van der Waals surface area contributed by atoms with Crippen LogP contribution in [0.15, 0.2) is 59.0 Å². The van der Waals surface area contributed by atoms with Crippen molar-refractivity contribution in [2.75, 3.05) is 5.32 Å². The minimum atomic E-state index is -0.236. The highest BCUT2D eigenvalue weighted by Gasteiger charge is 2.12. The van der Waals surface area contributed by atoms with Crippen molar-refractivity contribution in [3.8, 4) is 0 Å². The normalized spacial score (nSPS) is 10.6. The Morgan fingerprint density at radius 2 is 1.84 bits per heavy atom. The molecule has 1 N–H and O–H groups in total. The summed E-state index contributed by atoms with van der Waals surface area (Å²) in [6.45, 7) is 1.99. The number of fused-ring (bicyclic) bond motifs is 1. The summed E-state index contributed by atoms with van der Waals surface area (Å²) in [7, 11) is 0. The lowest BCUT2D eigenvalue weighted by Crippen LogP contribution is -2.10. The summed E-state index contributed by atoms with van der Waals surface area (Å²) in [5.74, 6) is 0.0875. The van der Waals surface area contributed by atoms with E-state index < -0.39 is 0 Å². The van der Waals surface area contributed by atoms with E-state index in [1.54, 1.807) is 6.07 Å². The Bertz CT molecular complexity index is 729. The lowest BCUT2D eigenvalue weighted by Gasteiger charge is -2.01. The van der Waals surface area contributed by atoms with E-state index in [2.05, 4.69) is 5.32 Å². The molecule has 3 nitrogen and oxygen atoms in total. The van der Waals surface area contributed by atoms with E-state index in [0.717, 1.165) is 22.2 Å². The molecule has 0 bridgehead atoms. The monoisotopic (exact) mass is 251 g/mol. The van der Waals surface area contributed by atoms with Gasteiger partial charge < -0.3 is 9.73 Å². The van der Waals surface area contributed by atoms with Crippen molar-refractivity contribution >= 4 is 22.6 Å². The zero-order chi connectivity index (χ0) is 13.2. The van der Waals surface area contributed by atoms with Crippen LogP contribution in [0.3, 0.4) is 0 Å². The highest BCUT2D eigenvalue weighted by atomic mass is 16.3. The SMILES string of the molecule is Cc1ccc2cc(C(=O)Nc3ccccc3)oc2c1. The predicted molar refractivity (Wildman–Crippen MR) is 75.3 cm³/mol. The molecule has 2 aromatic carbocycles. The van der Waals surface area contributed by atoms with Crippen molar-refractivity contribution < 1.29 is 9.21 Å². The number of carbonyl (C=O) groups excluding carboxylic acids is 1. The van der Waals surface area contributed by atoms with E-state index in [1.165, 1.54) is 0 Å². The van der Waals surface area contributed by atoms with Gasteiger partial charge in [0, 0.05) is 11.1 Å². The largest absolute Gasteiger partial charge is 0.451 e. The number of rotatable bonds is 2. The van der Waals surface area contributed by atoms with Crippen LogP contribution >= 0.6 is 0 Å². The molecule has 0 fully saturated rings. The second-order valence-corrected chi connectivity index (χ2v) is 4.47. The maximum atomic E-state index is 12.1. The van der Waals surface area contributed by atoms with Crippen LogP contribution in [0.1, 0.15) is 16.1 Å². The smallest absolute Gasteiger partial charge is 0.291 e. The van der Waals surface area contributed by atoms with Crippen LogP contribution < -0.4 is 5.32 Å². The van der Waals surface area contributed by atoms with Crippen LogP contribution in [0.5, 0.6) is 0 Å². The number of hydrogen-bond donors (Lipinski definition) is 1. The number of aryl methyl sites for hydroxylation is 1. The van der Waals surface area contributed by atoms with Crippen molar-refractivity contribution in [2.45, 2.75) is 6.92 Å². The Hall–Kier alpha value is -2.55. The zero-order valence-corrected chi connectivity index (χ0v) is 10.5. The highest BCUT2D eigenvalue weighted by Crippen LogP contribution is 2.21. The molecule has 3 heteroatoms. The maximum absolute atomic E-state index is 12.1. The van der Waals surface area contributed by atoms with E-state index in [0.29, 0.717) is 5.76 Å². The van der Waals surface area contributed by atoms with Gasteiger partial charge in [-0.2, -0.15) is 0 Å². The minimum absolute atomic E-state index is 0.236. The van der Waals surface area contributed by atoms with Gasteiger partial charge in [0.2, 0.25) is 0 Å². The molecule has 0 aliphatic heterocycles. The Morgan fingerprint density at radius 1 is 1.05 bits per heavy atom. The van der Waals surface area contributed by atoms with Gasteiger partial charge in [-0.1, -0.05) is 30.3 Å². The molecule has 1 aromatic heterocycles.